The van der Waals surface area contributed by atoms with Crippen molar-refractivity contribution in [3.05, 3.63) is 54.1 Å². The Bertz CT molecular complexity index is 870. The highest BCUT2D eigenvalue weighted by Crippen LogP contribution is 2.28. The monoisotopic (exact) mass is 387 g/mol. The summed E-state index contributed by atoms with van der Waals surface area (Å²) in [5, 5.41) is 0. The summed E-state index contributed by atoms with van der Waals surface area (Å²) in [4.78, 5) is 12.3. The maximum atomic E-state index is 14.1. The Morgan fingerprint density at radius 3 is 2.32 bits per heavy atom. The van der Waals surface area contributed by atoms with E-state index < -0.39 is 39.9 Å². The van der Waals surface area contributed by atoms with Crippen LogP contribution in [0.3, 0.4) is 0 Å². The van der Waals surface area contributed by atoms with Crippen LogP contribution in [0.1, 0.15) is 0 Å². The van der Waals surface area contributed by atoms with Gasteiger partial charge in [-0.15, -0.1) is 11.8 Å². The molecule has 0 saturated heterocycles. The molecule has 2 aromatic carbocycles. The van der Waals surface area contributed by atoms with Crippen molar-refractivity contribution in [3.8, 4) is 0 Å². The molecular formula is C16H15F2NO4S2. The summed E-state index contributed by atoms with van der Waals surface area (Å²) >= 11 is 1.43. The van der Waals surface area contributed by atoms with Crippen LogP contribution in [0.2, 0.25) is 0 Å². The molecule has 9 heteroatoms. The number of carbonyl (C=O) groups excluding carboxylic acids is 1. The van der Waals surface area contributed by atoms with Gasteiger partial charge in [0.05, 0.1) is 17.7 Å². The lowest BCUT2D eigenvalue weighted by Crippen LogP contribution is -2.37. The minimum atomic E-state index is -4.26. The molecule has 0 fully saturated rings. The van der Waals surface area contributed by atoms with Crippen molar-refractivity contribution in [1.82, 2.24) is 0 Å². The van der Waals surface area contributed by atoms with Gasteiger partial charge < -0.3 is 4.74 Å². The van der Waals surface area contributed by atoms with E-state index in [4.69, 9.17) is 0 Å². The summed E-state index contributed by atoms with van der Waals surface area (Å²) in [5.74, 6) is -2.85. The van der Waals surface area contributed by atoms with Crippen LogP contribution in [0.4, 0.5) is 14.5 Å². The summed E-state index contributed by atoms with van der Waals surface area (Å²) in [6, 6.07) is 8.31. The minimum absolute atomic E-state index is 0.127. The molecule has 5 nitrogen and oxygen atoms in total. The van der Waals surface area contributed by atoms with E-state index in [0.717, 1.165) is 24.1 Å². The fraction of sp³-hybridized carbons (Fsp3) is 0.188. The lowest BCUT2D eigenvalue weighted by atomic mass is 10.3. The summed E-state index contributed by atoms with van der Waals surface area (Å²) in [5.41, 5.74) is -0.444. The molecule has 0 aromatic heterocycles. The number of nitrogens with zero attached hydrogens (tertiary/aromatic N) is 1. The second-order valence-corrected chi connectivity index (χ2v) is 7.60. The van der Waals surface area contributed by atoms with Gasteiger partial charge in [-0.1, -0.05) is 0 Å². The van der Waals surface area contributed by atoms with E-state index in [2.05, 4.69) is 4.74 Å². The Morgan fingerprint density at radius 2 is 1.80 bits per heavy atom. The highest BCUT2D eigenvalue weighted by molar-refractivity contribution is 7.98. The largest absolute Gasteiger partial charge is 0.468 e. The molecule has 0 saturated carbocycles. The highest BCUT2D eigenvalue weighted by atomic mass is 32.2. The summed E-state index contributed by atoms with van der Waals surface area (Å²) in [6.07, 6.45) is 1.83. The van der Waals surface area contributed by atoms with Gasteiger partial charge in [-0.3, -0.25) is 9.10 Å². The van der Waals surface area contributed by atoms with E-state index in [9.17, 15) is 22.0 Å². The van der Waals surface area contributed by atoms with Crippen LogP contribution in [-0.2, 0) is 19.6 Å². The average molecular weight is 387 g/mol. The lowest BCUT2D eigenvalue weighted by molar-refractivity contribution is -0.138. The fourth-order valence-corrected chi connectivity index (χ4v) is 3.87. The number of halogens is 2. The number of anilines is 1. The quantitative estimate of drug-likeness (QED) is 0.563. The molecule has 134 valence electrons. The number of rotatable bonds is 6. The molecule has 0 aliphatic rings. The molecule has 0 bridgehead atoms. The van der Waals surface area contributed by atoms with Crippen LogP contribution < -0.4 is 4.31 Å². The molecule has 0 aliphatic carbocycles. The Labute approximate surface area is 148 Å². The maximum Gasteiger partial charge on any atom is 0.326 e. The molecule has 0 radical (unpaired) electrons. The number of hydrogen-bond acceptors (Lipinski definition) is 5. The first kappa shape index (κ1) is 19.2. The standard InChI is InChI=1S/C16H15F2NO4S2/c1-23-16(20)10-19(15-8-3-11(17)9-14(15)18)25(21,22)13-6-4-12(24-2)5-7-13/h3-9H,10H2,1-2H3. The zero-order valence-corrected chi connectivity index (χ0v) is 15.0. The van der Waals surface area contributed by atoms with Gasteiger partial charge in [-0.25, -0.2) is 17.2 Å². The summed E-state index contributed by atoms with van der Waals surface area (Å²) in [6.45, 7) is -0.744. The number of benzene rings is 2. The second kappa shape index (κ2) is 7.83. The van der Waals surface area contributed by atoms with Gasteiger partial charge in [0.25, 0.3) is 10.0 Å². The number of carbonyl (C=O) groups is 1. The molecule has 0 unspecified atom stereocenters. The molecule has 25 heavy (non-hydrogen) atoms. The van der Waals surface area contributed by atoms with Crippen molar-refractivity contribution in [2.75, 3.05) is 24.2 Å². The first-order valence-electron chi connectivity index (χ1n) is 6.98. The van der Waals surface area contributed by atoms with E-state index in [1.54, 1.807) is 12.1 Å². The molecule has 0 aliphatic heterocycles. The van der Waals surface area contributed by atoms with Gasteiger partial charge in [-0.2, -0.15) is 0 Å². The van der Waals surface area contributed by atoms with Crippen LogP contribution in [0, 0.1) is 11.6 Å². The van der Waals surface area contributed by atoms with E-state index >= 15 is 0 Å². The number of methoxy groups -OCH3 is 1. The zero-order valence-electron chi connectivity index (χ0n) is 13.4. The predicted octanol–water partition coefficient (Wildman–Crippen LogP) is 3.06. The van der Waals surface area contributed by atoms with Crippen molar-refractivity contribution >= 4 is 33.4 Å². The smallest absolute Gasteiger partial charge is 0.326 e. The molecule has 0 atom stereocenters. The van der Waals surface area contributed by atoms with Gasteiger partial charge >= 0.3 is 5.97 Å². The number of thioether (sulfide) groups is 1. The van der Waals surface area contributed by atoms with E-state index in [-0.39, 0.29) is 4.90 Å². The van der Waals surface area contributed by atoms with Crippen molar-refractivity contribution in [1.29, 1.82) is 0 Å². The Hall–Kier alpha value is -2.13. The molecule has 0 heterocycles. The normalized spacial score (nSPS) is 11.2. The minimum Gasteiger partial charge on any atom is -0.468 e. The molecule has 2 aromatic rings. The topological polar surface area (TPSA) is 63.7 Å². The number of sulfonamides is 1. The Kier molecular flexibility index (Phi) is 6.02. The van der Waals surface area contributed by atoms with Crippen LogP contribution in [0.5, 0.6) is 0 Å². The molecule has 0 amide bonds. The van der Waals surface area contributed by atoms with Crippen LogP contribution >= 0.6 is 11.8 Å². The maximum absolute atomic E-state index is 14.1. The van der Waals surface area contributed by atoms with Crippen molar-refractivity contribution < 1.29 is 26.7 Å². The van der Waals surface area contributed by atoms with E-state index in [1.807, 2.05) is 6.26 Å². The third kappa shape index (κ3) is 4.29. The van der Waals surface area contributed by atoms with E-state index in [1.165, 1.54) is 23.9 Å². The average Bonchev–Trinajstić information content (AvgIpc) is 2.60. The Morgan fingerprint density at radius 1 is 1.16 bits per heavy atom. The summed E-state index contributed by atoms with van der Waals surface area (Å²) in [7, 11) is -3.17. The summed E-state index contributed by atoms with van der Waals surface area (Å²) < 4.78 is 58.0. The first-order chi connectivity index (χ1) is 11.8. The van der Waals surface area contributed by atoms with Gasteiger partial charge in [0.1, 0.15) is 18.2 Å². The van der Waals surface area contributed by atoms with Crippen molar-refractivity contribution in [3.63, 3.8) is 0 Å². The molecule has 0 spiro atoms. The van der Waals surface area contributed by atoms with E-state index in [0.29, 0.717) is 10.4 Å². The van der Waals surface area contributed by atoms with Crippen LogP contribution in [0.25, 0.3) is 0 Å². The van der Waals surface area contributed by atoms with Gasteiger partial charge in [0.2, 0.25) is 0 Å². The SMILES string of the molecule is COC(=O)CN(c1ccc(F)cc1F)S(=O)(=O)c1ccc(SC)cc1. The van der Waals surface area contributed by atoms with Crippen molar-refractivity contribution in [2.24, 2.45) is 0 Å². The third-order valence-electron chi connectivity index (χ3n) is 3.33. The van der Waals surface area contributed by atoms with Gasteiger partial charge in [0.15, 0.2) is 0 Å². The fourth-order valence-electron chi connectivity index (χ4n) is 2.04. The molecular weight excluding hydrogens is 372 g/mol. The molecule has 0 N–H and O–H groups in total. The Balaban J connectivity index is 2.54. The second-order valence-electron chi connectivity index (χ2n) is 4.86. The molecule has 2 rings (SSSR count). The number of ether oxygens (including phenoxy) is 1. The van der Waals surface area contributed by atoms with Gasteiger partial charge in [0, 0.05) is 11.0 Å². The third-order valence-corrected chi connectivity index (χ3v) is 5.84. The van der Waals surface area contributed by atoms with Gasteiger partial charge in [-0.05, 0) is 42.7 Å². The van der Waals surface area contributed by atoms with Crippen molar-refractivity contribution in [2.45, 2.75) is 9.79 Å². The lowest BCUT2D eigenvalue weighted by Gasteiger charge is -2.23. The first-order valence-corrected chi connectivity index (χ1v) is 9.64. The highest BCUT2D eigenvalue weighted by Gasteiger charge is 2.29. The predicted molar refractivity (Wildman–Crippen MR) is 91.1 cm³/mol. The number of hydrogen-bond donors (Lipinski definition) is 0. The van der Waals surface area contributed by atoms with Crippen LogP contribution in [-0.4, -0.2) is 34.3 Å². The number of esters is 1. The van der Waals surface area contributed by atoms with Crippen LogP contribution in [0.15, 0.2) is 52.3 Å². The zero-order chi connectivity index (χ0) is 18.6.